The standard InChI is InChI=1S/C9H9F2NO2.C9H11NO.C7H6N2/c1-2-9(10,11)7-5-6(8(13)14)3-4-12-7;1-3-9(11)8-6-7(2)4-5-10-8;1-6-2-3-9-7(4-6)5-8/h3-5H,2H2,1H3,(H,13,14);4-6H,3H2,1-2H3;2-4H,1H3. The lowest BCUT2D eigenvalue weighted by atomic mass is 10.1. The van der Waals surface area contributed by atoms with E-state index in [4.69, 9.17) is 10.4 Å². The van der Waals surface area contributed by atoms with Gasteiger partial charge in [-0.1, -0.05) is 13.8 Å². The molecule has 0 radical (unpaired) electrons. The second-order valence-electron chi connectivity index (χ2n) is 7.12. The van der Waals surface area contributed by atoms with E-state index in [0.717, 1.165) is 23.4 Å². The van der Waals surface area contributed by atoms with Crippen molar-refractivity contribution in [3.05, 3.63) is 88.8 Å². The number of pyridine rings is 3. The van der Waals surface area contributed by atoms with Crippen LogP contribution in [0.4, 0.5) is 8.78 Å². The van der Waals surface area contributed by atoms with Gasteiger partial charge in [0.25, 0.3) is 5.92 Å². The third kappa shape index (κ3) is 9.20. The summed E-state index contributed by atoms with van der Waals surface area (Å²) in [6, 6.07) is 11.3. The molecule has 0 amide bonds. The molecule has 0 spiro atoms. The monoisotopic (exact) mass is 468 g/mol. The van der Waals surface area contributed by atoms with Gasteiger partial charge >= 0.3 is 5.97 Å². The SMILES string of the molecule is CCC(=O)c1cc(C)ccn1.CCC(F)(F)c1cc(C(=O)O)ccn1.Cc1ccnc(C#N)c1. The number of alkyl halides is 2. The lowest BCUT2D eigenvalue weighted by Crippen LogP contribution is -2.14. The summed E-state index contributed by atoms with van der Waals surface area (Å²) >= 11 is 0. The van der Waals surface area contributed by atoms with Crippen LogP contribution in [0.25, 0.3) is 0 Å². The molecule has 0 aliphatic carbocycles. The second-order valence-corrected chi connectivity index (χ2v) is 7.12. The number of halogens is 2. The molecule has 7 nitrogen and oxygen atoms in total. The van der Waals surface area contributed by atoms with Crippen molar-refractivity contribution in [2.75, 3.05) is 0 Å². The molecule has 0 aliphatic heterocycles. The van der Waals surface area contributed by atoms with Crippen LogP contribution >= 0.6 is 0 Å². The Morgan fingerprint density at radius 2 is 1.56 bits per heavy atom. The maximum Gasteiger partial charge on any atom is 0.335 e. The Bertz CT molecular complexity index is 1160. The summed E-state index contributed by atoms with van der Waals surface area (Å²) in [4.78, 5) is 32.8. The van der Waals surface area contributed by atoms with Crippen molar-refractivity contribution in [3.8, 4) is 6.07 Å². The Balaban J connectivity index is 0.000000262. The third-order valence-corrected chi connectivity index (χ3v) is 4.38. The number of aryl methyl sites for hydroxylation is 2. The van der Waals surface area contributed by atoms with Gasteiger partial charge in [0.05, 0.1) is 5.56 Å². The van der Waals surface area contributed by atoms with Crippen molar-refractivity contribution in [2.45, 2.75) is 46.5 Å². The van der Waals surface area contributed by atoms with Crippen LogP contribution < -0.4 is 0 Å². The van der Waals surface area contributed by atoms with Crippen molar-refractivity contribution in [3.63, 3.8) is 0 Å². The first-order valence-corrected chi connectivity index (χ1v) is 10.4. The number of carbonyl (C=O) groups excluding carboxylic acids is 1. The average molecular weight is 469 g/mol. The summed E-state index contributed by atoms with van der Waals surface area (Å²) in [5.41, 5.74) is 2.53. The molecule has 3 heterocycles. The minimum atomic E-state index is -3.06. The number of nitriles is 1. The van der Waals surface area contributed by atoms with Crippen molar-refractivity contribution in [1.29, 1.82) is 5.26 Å². The first kappa shape index (κ1) is 28.0. The number of hydrogen-bond acceptors (Lipinski definition) is 6. The molecule has 178 valence electrons. The Labute approximate surface area is 197 Å². The van der Waals surface area contributed by atoms with E-state index in [1.807, 2.05) is 45.0 Å². The first-order valence-electron chi connectivity index (χ1n) is 10.4. The van der Waals surface area contributed by atoms with E-state index >= 15 is 0 Å². The van der Waals surface area contributed by atoms with Gasteiger partial charge in [-0.25, -0.2) is 9.78 Å². The summed E-state index contributed by atoms with van der Waals surface area (Å²) in [6.45, 7) is 7.04. The van der Waals surface area contributed by atoms with Crippen molar-refractivity contribution in [2.24, 2.45) is 0 Å². The second kappa shape index (κ2) is 13.5. The zero-order chi connectivity index (χ0) is 25.7. The van der Waals surface area contributed by atoms with Crippen molar-refractivity contribution in [1.82, 2.24) is 15.0 Å². The van der Waals surface area contributed by atoms with E-state index in [2.05, 4.69) is 15.0 Å². The Kier molecular flexibility index (Phi) is 11.1. The summed E-state index contributed by atoms with van der Waals surface area (Å²) < 4.78 is 26.1. The van der Waals surface area contributed by atoms with E-state index in [-0.39, 0.29) is 11.3 Å². The zero-order valence-electron chi connectivity index (χ0n) is 19.4. The predicted molar refractivity (Wildman–Crippen MR) is 123 cm³/mol. The maximum absolute atomic E-state index is 13.1. The first-order chi connectivity index (χ1) is 16.0. The molecule has 0 atom stereocenters. The molecule has 0 fully saturated rings. The van der Waals surface area contributed by atoms with Gasteiger partial charge in [-0.15, -0.1) is 0 Å². The van der Waals surface area contributed by atoms with Gasteiger partial charge in [0.2, 0.25) is 0 Å². The molecular weight excluding hydrogens is 442 g/mol. The fraction of sp³-hybridized carbons (Fsp3) is 0.280. The van der Waals surface area contributed by atoms with Crippen LogP contribution in [0.5, 0.6) is 0 Å². The topological polar surface area (TPSA) is 117 Å². The summed E-state index contributed by atoms with van der Waals surface area (Å²) in [5.74, 6) is -4.19. The van der Waals surface area contributed by atoms with Crippen LogP contribution in [0.15, 0.2) is 55.0 Å². The van der Waals surface area contributed by atoms with Crippen LogP contribution in [0.3, 0.4) is 0 Å². The molecule has 1 N–H and O–H groups in total. The lowest BCUT2D eigenvalue weighted by Gasteiger charge is -2.12. The number of carboxylic acid groups (broad SMARTS) is 1. The van der Waals surface area contributed by atoms with Gasteiger partial charge in [0.1, 0.15) is 23.2 Å². The molecule has 0 saturated heterocycles. The van der Waals surface area contributed by atoms with E-state index in [1.54, 1.807) is 18.5 Å². The number of carbonyl (C=O) groups is 2. The lowest BCUT2D eigenvalue weighted by molar-refractivity contribution is -0.0128. The highest BCUT2D eigenvalue weighted by Gasteiger charge is 2.31. The third-order valence-electron chi connectivity index (χ3n) is 4.38. The highest BCUT2D eigenvalue weighted by atomic mass is 19.3. The molecule has 0 aliphatic rings. The largest absolute Gasteiger partial charge is 0.478 e. The summed E-state index contributed by atoms with van der Waals surface area (Å²) in [6.07, 6.45) is 4.49. The zero-order valence-corrected chi connectivity index (χ0v) is 19.4. The normalized spacial score (nSPS) is 10.0. The minimum Gasteiger partial charge on any atom is -0.478 e. The highest BCUT2D eigenvalue weighted by molar-refractivity contribution is 5.94. The molecule has 0 bridgehead atoms. The van der Waals surface area contributed by atoms with Gasteiger partial charge in [-0.3, -0.25) is 14.8 Å². The fourth-order valence-corrected chi connectivity index (χ4v) is 2.41. The number of ketones is 1. The van der Waals surface area contributed by atoms with E-state index < -0.39 is 24.0 Å². The van der Waals surface area contributed by atoms with E-state index in [1.165, 1.54) is 13.0 Å². The average Bonchev–Trinajstić information content (AvgIpc) is 2.84. The number of carboxylic acids is 1. The molecule has 3 aromatic heterocycles. The smallest absolute Gasteiger partial charge is 0.335 e. The van der Waals surface area contributed by atoms with Crippen LogP contribution in [0.1, 0.15) is 70.1 Å². The van der Waals surface area contributed by atoms with E-state index in [0.29, 0.717) is 17.8 Å². The Hall–Kier alpha value is -4.06. The van der Waals surface area contributed by atoms with Crippen LogP contribution in [-0.4, -0.2) is 31.8 Å². The molecule has 0 saturated carbocycles. The highest BCUT2D eigenvalue weighted by Crippen LogP contribution is 2.29. The Morgan fingerprint density at radius 1 is 0.971 bits per heavy atom. The number of hydrogen-bond donors (Lipinski definition) is 1. The Morgan fingerprint density at radius 3 is 2.03 bits per heavy atom. The van der Waals surface area contributed by atoms with Gasteiger partial charge < -0.3 is 5.11 Å². The quantitative estimate of drug-likeness (QED) is 0.490. The van der Waals surface area contributed by atoms with E-state index in [9.17, 15) is 18.4 Å². The number of aromatic nitrogens is 3. The minimum absolute atomic E-state index is 0.105. The predicted octanol–water partition coefficient (Wildman–Crippen LogP) is 5.53. The molecule has 0 unspecified atom stereocenters. The van der Waals surface area contributed by atoms with Crippen LogP contribution in [0, 0.1) is 25.2 Å². The van der Waals surface area contributed by atoms with Crippen molar-refractivity contribution < 1.29 is 23.5 Å². The molecule has 3 aromatic rings. The number of Topliss-reactive ketones (excluding diaryl/α,β-unsaturated/α-hetero) is 1. The molecule has 34 heavy (non-hydrogen) atoms. The van der Waals surface area contributed by atoms with Crippen LogP contribution in [0.2, 0.25) is 0 Å². The number of nitrogens with zero attached hydrogens (tertiary/aromatic N) is 4. The molecular formula is C25H26F2N4O3. The summed E-state index contributed by atoms with van der Waals surface area (Å²) in [7, 11) is 0. The molecule has 0 aromatic carbocycles. The fourth-order valence-electron chi connectivity index (χ4n) is 2.41. The maximum atomic E-state index is 13.1. The number of rotatable bonds is 5. The van der Waals surface area contributed by atoms with Gasteiger partial charge in [-0.2, -0.15) is 14.0 Å². The van der Waals surface area contributed by atoms with Crippen LogP contribution in [-0.2, 0) is 5.92 Å². The van der Waals surface area contributed by atoms with Gasteiger partial charge in [-0.05, 0) is 61.4 Å². The van der Waals surface area contributed by atoms with Gasteiger partial charge in [0, 0.05) is 31.4 Å². The molecule has 9 heteroatoms. The number of aromatic carboxylic acids is 1. The van der Waals surface area contributed by atoms with Crippen molar-refractivity contribution >= 4 is 11.8 Å². The molecule has 3 rings (SSSR count). The summed E-state index contributed by atoms with van der Waals surface area (Å²) in [5, 5.41) is 16.9. The van der Waals surface area contributed by atoms with Gasteiger partial charge in [0.15, 0.2) is 5.78 Å².